The van der Waals surface area contributed by atoms with Crippen LogP contribution >= 0.6 is 11.6 Å². The number of hydrogen-bond acceptors (Lipinski definition) is 2. The molecule has 0 unspecified atom stereocenters. The smallest absolute Gasteiger partial charge is 0.248 e. The van der Waals surface area contributed by atoms with Gasteiger partial charge in [0.05, 0.1) is 0 Å². The Kier molecular flexibility index (Phi) is 3.74. The number of carbonyl (C=O) groups is 2. The van der Waals surface area contributed by atoms with Crippen molar-refractivity contribution in [3.63, 3.8) is 0 Å². The quantitative estimate of drug-likeness (QED) is 0.912. The minimum atomic E-state index is -1.03. The molecule has 114 valence electrons. The van der Waals surface area contributed by atoms with Crippen LogP contribution in [-0.4, -0.2) is 27.8 Å². The van der Waals surface area contributed by atoms with E-state index in [1.54, 1.807) is 27.7 Å². The third-order valence-electron chi connectivity index (χ3n) is 3.77. The first-order chi connectivity index (χ1) is 9.55. The van der Waals surface area contributed by atoms with E-state index in [0.29, 0.717) is 10.6 Å². The van der Waals surface area contributed by atoms with E-state index in [2.05, 4.69) is 5.32 Å². The summed E-state index contributed by atoms with van der Waals surface area (Å²) in [5, 5.41) is 3.06. The Labute approximate surface area is 128 Å². The summed E-state index contributed by atoms with van der Waals surface area (Å²) < 4.78 is 13.4. The predicted octanol–water partition coefficient (Wildman–Crippen LogP) is 2.49. The van der Waals surface area contributed by atoms with Crippen LogP contribution in [0.15, 0.2) is 18.2 Å². The number of rotatable bonds is 2. The SMILES string of the molecule is CC1(C)NC(=O)C(C)(C)N(Cc2cc(F)ccc2Cl)C1=O. The molecule has 0 aromatic heterocycles. The second kappa shape index (κ2) is 4.98. The number of nitrogens with one attached hydrogen (secondary N) is 1. The Morgan fingerprint density at radius 2 is 1.86 bits per heavy atom. The number of halogens is 2. The molecule has 1 heterocycles. The Balaban J connectivity index is 2.41. The number of hydrogen-bond donors (Lipinski definition) is 1. The van der Waals surface area contributed by atoms with Crippen molar-refractivity contribution in [2.45, 2.75) is 45.3 Å². The molecule has 1 N–H and O–H groups in total. The maximum Gasteiger partial charge on any atom is 0.248 e. The third-order valence-corrected chi connectivity index (χ3v) is 4.14. The summed E-state index contributed by atoms with van der Waals surface area (Å²) >= 11 is 6.06. The van der Waals surface area contributed by atoms with Gasteiger partial charge in [-0.15, -0.1) is 0 Å². The summed E-state index contributed by atoms with van der Waals surface area (Å²) in [5.41, 5.74) is -1.54. The first kappa shape index (κ1) is 15.8. The number of amides is 2. The molecule has 0 saturated carbocycles. The molecule has 4 nitrogen and oxygen atoms in total. The minimum Gasteiger partial charge on any atom is -0.340 e. The van der Waals surface area contributed by atoms with Crippen LogP contribution in [0.5, 0.6) is 0 Å². The Morgan fingerprint density at radius 3 is 2.48 bits per heavy atom. The van der Waals surface area contributed by atoms with E-state index in [1.165, 1.54) is 23.1 Å². The molecule has 1 saturated heterocycles. The van der Waals surface area contributed by atoms with E-state index in [4.69, 9.17) is 11.6 Å². The van der Waals surface area contributed by atoms with Crippen molar-refractivity contribution < 1.29 is 14.0 Å². The van der Waals surface area contributed by atoms with Crippen molar-refractivity contribution in [3.05, 3.63) is 34.6 Å². The minimum absolute atomic E-state index is 0.0826. The molecule has 6 heteroatoms. The lowest BCUT2D eigenvalue weighted by molar-refractivity contribution is -0.160. The van der Waals surface area contributed by atoms with Gasteiger partial charge >= 0.3 is 0 Å². The lowest BCUT2D eigenvalue weighted by Gasteiger charge is -2.47. The first-order valence-electron chi connectivity index (χ1n) is 6.64. The van der Waals surface area contributed by atoms with Crippen molar-refractivity contribution in [2.75, 3.05) is 0 Å². The zero-order chi connectivity index (χ0) is 16.0. The Morgan fingerprint density at radius 1 is 1.24 bits per heavy atom. The number of benzene rings is 1. The van der Waals surface area contributed by atoms with Gasteiger partial charge in [-0.2, -0.15) is 0 Å². The molecule has 2 rings (SSSR count). The summed E-state index contributed by atoms with van der Waals surface area (Å²) in [4.78, 5) is 26.2. The van der Waals surface area contributed by atoms with Gasteiger partial charge < -0.3 is 10.2 Å². The fourth-order valence-corrected chi connectivity index (χ4v) is 2.49. The van der Waals surface area contributed by atoms with Crippen molar-refractivity contribution in [2.24, 2.45) is 0 Å². The van der Waals surface area contributed by atoms with E-state index in [-0.39, 0.29) is 18.4 Å². The fourth-order valence-electron chi connectivity index (χ4n) is 2.31. The van der Waals surface area contributed by atoms with Crippen LogP contribution in [0.1, 0.15) is 33.3 Å². The molecular weight excluding hydrogens is 295 g/mol. The molecule has 21 heavy (non-hydrogen) atoms. The van der Waals surface area contributed by atoms with Gasteiger partial charge in [0.15, 0.2) is 0 Å². The van der Waals surface area contributed by atoms with E-state index in [0.717, 1.165) is 0 Å². The number of piperazine rings is 1. The number of nitrogens with zero attached hydrogens (tertiary/aromatic N) is 1. The zero-order valence-corrected chi connectivity index (χ0v) is 13.2. The lowest BCUT2D eigenvalue weighted by atomic mass is 9.89. The van der Waals surface area contributed by atoms with Crippen LogP contribution in [0.2, 0.25) is 5.02 Å². The molecule has 2 amide bonds. The van der Waals surface area contributed by atoms with E-state index >= 15 is 0 Å². The van der Waals surface area contributed by atoms with Gasteiger partial charge in [-0.3, -0.25) is 9.59 Å². The topological polar surface area (TPSA) is 49.4 Å². The van der Waals surface area contributed by atoms with Gasteiger partial charge in [-0.05, 0) is 51.5 Å². The average molecular weight is 313 g/mol. The van der Waals surface area contributed by atoms with Gasteiger partial charge in [0.1, 0.15) is 16.9 Å². The molecule has 1 aliphatic rings. The average Bonchev–Trinajstić information content (AvgIpc) is 2.36. The normalized spacial score (nSPS) is 20.4. The van der Waals surface area contributed by atoms with Crippen LogP contribution in [0.25, 0.3) is 0 Å². The monoisotopic (exact) mass is 312 g/mol. The van der Waals surface area contributed by atoms with Crippen LogP contribution < -0.4 is 5.32 Å². The molecule has 0 atom stereocenters. The number of carbonyl (C=O) groups excluding carboxylic acids is 2. The molecule has 0 radical (unpaired) electrons. The zero-order valence-electron chi connectivity index (χ0n) is 12.5. The van der Waals surface area contributed by atoms with E-state index in [9.17, 15) is 14.0 Å². The molecule has 1 aromatic carbocycles. The first-order valence-corrected chi connectivity index (χ1v) is 7.02. The van der Waals surface area contributed by atoms with Crippen molar-refractivity contribution >= 4 is 23.4 Å². The summed E-state index contributed by atoms with van der Waals surface area (Å²) in [6, 6.07) is 3.98. The van der Waals surface area contributed by atoms with Gasteiger partial charge in [-0.1, -0.05) is 11.6 Å². The maximum atomic E-state index is 13.4. The molecule has 0 spiro atoms. The molecule has 1 aromatic rings. The van der Waals surface area contributed by atoms with Crippen molar-refractivity contribution in [3.8, 4) is 0 Å². The van der Waals surface area contributed by atoms with Gasteiger partial charge in [0, 0.05) is 11.6 Å². The highest BCUT2D eigenvalue weighted by Gasteiger charge is 2.50. The Bertz CT molecular complexity index is 614. The van der Waals surface area contributed by atoms with Crippen molar-refractivity contribution in [1.29, 1.82) is 0 Å². The highest BCUT2D eigenvalue weighted by atomic mass is 35.5. The highest BCUT2D eigenvalue weighted by Crippen LogP contribution is 2.29. The summed E-state index contributed by atoms with van der Waals surface area (Å²) in [7, 11) is 0. The molecule has 1 fully saturated rings. The molecule has 1 aliphatic heterocycles. The van der Waals surface area contributed by atoms with Crippen molar-refractivity contribution in [1.82, 2.24) is 10.2 Å². The van der Waals surface area contributed by atoms with Gasteiger partial charge in [0.2, 0.25) is 11.8 Å². The molecular formula is C15H18ClFN2O2. The second-order valence-electron chi connectivity index (χ2n) is 6.27. The molecule has 0 bridgehead atoms. The summed E-state index contributed by atoms with van der Waals surface area (Å²) in [6.07, 6.45) is 0. The summed E-state index contributed by atoms with van der Waals surface area (Å²) in [5.74, 6) is -0.910. The predicted molar refractivity (Wildman–Crippen MR) is 78.3 cm³/mol. The van der Waals surface area contributed by atoms with Gasteiger partial charge in [0.25, 0.3) is 0 Å². The van der Waals surface area contributed by atoms with Gasteiger partial charge in [-0.25, -0.2) is 4.39 Å². The standard InChI is InChI=1S/C15H18ClFN2O2/c1-14(2)13(21)19(15(3,4)12(20)18-14)8-9-7-10(17)5-6-11(9)16/h5-7H,8H2,1-4H3,(H,18,20). The van der Waals surface area contributed by atoms with Crippen LogP contribution in [0.4, 0.5) is 4.39 Å². The van der Waals surface area contributed by atoms with Crippen LogP contribution in [-0.2, 0) is 16.1 Å². The highest BCUT2D eigenvalue weighted by molar-refractivity contribution is 6.31. The van der Waals surface area contributed by atoms with E-state index in [1.807, 2.05) is 0 Å². The molecule has 0 aliphatic carbocycles. The largest absolute Gasteiger partial charge is 0.340 e. The lowest BCUT2D eigenvalue weighted by Crippen LogP contribution is -2.71. The Hall–Kier alpha value is -1.62. The van der Waals surface area contributed by atoms with Crippen LogP contribution in [0.3, 0.4) is 0 Å². The maximum absolute atomic E-state index is 13.4. The van der Waals surface area contributed by atoms with E-state index < -0.39 is 16.9 Å². The summed E-state index contributed by atoms with van der Waals surface area (Å²) in [6.45, 7) is 6.68. The third kappa shape index (κ3) is 2.75. The van der Waals surface area contributed by atoms with Crippen LogP contribution in [0, 0.1) is 5.82 Å². The second-order valence-corrected chi connectivity index (χ2v) is 6.67. The fraction of sp³-hybridized carbons (Fsp3) is 0.467.